The Bertz CT molecular complexity index is 473. The quantitative estimate of drug-likeness (QED) is 0.854. The molecule has 1 aromatic rings. The molecule has 0 aromatic heterocycles. The predicted molar refractivity (Wildman–Crippen MR) is 74.9 cm³/mol. The Kier molecular flexibility index (Phi) is 5.08. The zero-order valence-corrected chi connectivity index (χ0v) is 12.0. The Labute approximate surface area is 122 Å². The van der Waals surface area contributed by atoms with Crippen LogP contribution in [0.5, 0.6) is 0 Å². The van der Waals surface area contributed by atoms with Crippen molar-refractivity contribution in [1.82, 2.24) is 5.32 Å². The lowest BCUT2D eigenvalue weighted by atomic mass is 10.1. The van der Waals surface area contributed by atoms with Gasteiger partial charge >= 0.3 is 6.18 Å². The maximum absolute atomic E-state index is 14.0. The zero-order chi connectivity index (χ0) is 15.5. The maximum atomic E-state index is 14.0. The summed E-state index contributed by atoms with van der Waals surface area (Å²) in [6.45, 7) is 3.96. The van der Waals surface area contributed by atoms with Crippen molar-refractivity contribution < 1.29 is 17.6 Å². The summed E-state index contributed by atoms with van der Waals surface area (Å²) in [5.74, 6) is -0.597. The van der Waals surface area contributed by atoms with Gasteiger partial charge in [0.2, 0.25) is 0 Å². The second kappa shape index (κ2) is 6.64. The molecule has 0 bridgehead atoms. The normalized spacial score (nSPS) is 20.4. The summed E-state index contributed by atoms with van der Waals surface area (Å²) in [7, 11) is 0. The van der Waals surface area contributed by atoms with E-state index in [2.05, 4.69) is 12.2 Å². The van der Waals surface area contributed by atoms with Crippen LogP contribution in [0, 0.1) is 5.82 Å². The van der Waals surface area contributed by atoms with Crippen molar-refractivity contribution in [3.63, 3.8) is 0 Å². The van der Waals surface area contributed by atoms with Gasteiger partial charge in [-0.2, -0.15) is 13.2 Å². The van der Waals surface area contributed by atoms with E-state index in [1.54, 1.807) is 4.90 Å². The van der Waals surface area contributed by atoms with E-state index in [0.29, 0.717) is 13.1 Å². The van der Waals surface area contributed by atoms with Crippen LogP contribution >= 0.6 is 0 Å². The molecule has 1 atom stereocenters. The number of alkyl halides is 3. The molecular formula is C15H20F4N2. The fourth-order valence-corrected chi connectivity index (χ4v) is 2.69. The molecule has 0 spiro atoms. The van der Waals surface area contributed by atoms with Crippen molar-refractivity contribution >= 4 is 5.69 Å². The molecule has 2 rings (SSSR count). The summed E-state index contributed by atoms with van der Waals surface area (Å²) in [5, 5.41) is 3.36. The molecule has 118 valence electrons. The third kappa shape index (κ3) is 4.09. The Morgan fingerprint density at radius 1 is 1.33 bits per heavy atom. The van der Waals surface area contributed by atoms with Crippen LogP contribution in [-0.2, 0) is 6.18 Å². The molecule has 0 saturated carbocycles. The summed E-state index contributed by atoms with van der Waals surface area (Å²) in [6, 6.07) is 2.80. The highest BCUT2D eigenvalue weighted by Crippen LogP contribution is 2.33. The number of halogens is 4. The van der Waals surface area contributed by atoms with Gasteiger partial charge in [0.05, 0.1) is 11.3 Å². The minimum absolute atomic E-state index is 0.0506. The highest BCUT2D eigenvalue weighted by Gasteiger charge is 2.32. The van der Waals surface area contributed by atoms with Crippen LogP contribution in [0.3, 0.4) is 0 Å². The van der Waals surface area contributed by atoms with Gasteiger partial charge in [-0.15, -0.1) is 0 Å². The van der Waals surface area contributed by atoms with E-state index in [1.165, 1.54) is 0 Å². The van der Waals surface area contributed by atoms with E-state index < -0.39 is 17.6 Å². The first-order valence-corrected chi connectivity index (χ1v) is 7.27. The highest BCUT2D eigenvalue weighted by atomic mass is 19.4. The smallest absolute Gasteiger partial charge is 0.368 e. The largest absolute Gasteiger partial charge is 0.416 e. The van der Waals surface area contributed by atoms with Gasteiger partial charge in [-0.05, 0) is 37.6 Å². The van der Waals surface area contributed by atoms with E-state index in [9.17, 15) is 17.6 Å². The molecule has 1 aliphatic rings. The van der Waals surface area contributed by atoms with Crippen LogP contribution in [0.4, 0.5) is 23.2 Å². The van der Waals surface area contributed by atoms with Crippen LogP contribution in [0.2, 0.25) is 0 Å². The molecule has 1 unspecified atom stereocenters. The number of rotatable bonds is 3. The van der Waals surface area contributed by atoms with Gasteiger partial charge in [-0.3, -0.25) is 0 Å². The minimum atomic E-state index is -4.45. The lowest BCUT2D eigenvalue weighted by Crippen LogP contribution is -2.38. The van der Waals surface area contributed by atoms with E-state index >= 15 is 0 Å². The Balaban J connectivity index is 2.26. The Morgan fingerprint density at radius 3 is 2.76 bits per heavy atom. The summed E-state index contributed by atoms with van der Waals surface area (Å²) in [5.41, 5.74) is -0.752. The van der Waals surface area contributed by atoms with Gasteiger partial charge in [0, 0.05) is 19.1 Å². The fourth-order valence-electron chi connectivity index (χ4n) is 2.69. The molecule has 1 heterocycles. The third-order valence-electron chi connectivity index (χ3n) is 3.73. The maximum Gasteiger partial charge on any atom is 0.416 e. The molecule has 1 N–H and O–H groups in total. The van der Waals surface area contributed by atoms with Gasteiger partial charge in [0.15, 0.2) is 0 Å². The number of anilines is 1. The first-order chi connectivity index (χ1) is 9.91. The fraction of sp³-hybridized carbons (Fsp3) is 0.600. The second-order valence-corrected chi connectivity index (χ2v) is 5.40. The van der Waals surface area contributed by atoms with Crippen molar-refractivity contribution in [2.45, 2.75) is 38.4 Å². The monoisotopic (exact) mass is 304 g/mol. The zero-order valence-electron chi connectivity index (χ0n) is 12.0. The van der Waals surface area contributed by atoms with E-state index in [-0.39, 0.29) is 11.7 Å². The molecule has 0 radical (unpaired) electrons. The van der Waals surface area contributed by atoms with Crippen molar-refractivity contribution in [2.75, 3.05) is 24.5 Å². The van der Waals surface area contributed by atoms with Crippen molar-refractivity contribution in [3.05, 3.63) is 29.6 Å². The first-order valence-electron chi connectivity index (χ1n) is 7.27. The summed E-state index contributed by atoms with van der Waals surface area (Å²) >= 11 is 0. The van der Waals surface area contributed by atoms with Crippen LogP contribution < -0.4 is 10.2 Å². The van der Waals surface area contributed by atoms with Crippen LogP contribution in [0.15, 0.2) is 18.2 Å². The minimum Gasteiger partial charge on any atom is -0.368 e. The molecule has 21 heavy (non-hydrogen) atoms. The van der Waals surface area contributed by atoms with Gasteiger partial charge in [0.25, 0.3) is 0 Å². The molecule has 1 aromatic carbocycles. The second-order valence-electron chi connectivity index (χ2n) is 5.40. The summed E-state index contributed by atoms with van der Waals surface area (Å²) in [6.07, 6.45) is -1.75. The Morgan fingerprint density at radius 2 is 2.10 bits per heavy atom. The van der Waals surface area contributed by atoms with Gasteiger partial charge in [0.1, 0.15) is 5.82 Å². The molecular weight excluding hydrogens is 284 g/mol. The molecule has 6 heteroatoms. The molecule has 0 amide bonds. The lowest BCUT2D eigenvalue weighted by Gasteiger charge is -2.27. The van der Waals surface area contributed by atoms with E-state index in [0.717, 1.165) is 44.0 Å². The molecule has 1 aliphatic heterocycles. The van der Waals surface area contributed by atoms with Crippen molar-refractivity contribution in [2.24, 2.45) is 0 Å². The number of nitrogens with zero attached hydrogens (tertiary/aromatic N) is 1. The number of benzene rings is 1. The summed E-state index contributed by atoms with van der Waals surface area (Å²) < 4.78 is 52.3. The van der Waals surface area contributed by atoms with E-state index in [4.69, 9.17) is 0 Å². The average molecular weight is 304 g/mol. The van der Waals surface area contributed by atoms with Crippen molar-refractivity contribution in [1.29, 1.82) is 0 Å². The lowest BCUT2D eigenvalue weighted by molar-refractivity contribution is -0.137. The molecule has 1 saturated heterocycles. The summed E-state index contributed by atoms with van der Waals surface area (Å²) in [4.78, 5) is 1.73. The number of hydrogen-bond donors (Lipinski definition) is 1. The highest BCUT2D eigenvalue weighted by molar-refractivity contribution is 5.51. The first kappa shape index (κ1) is 16.1. The number of hydrogen-bond acceptors (Lipinski definition) is 2. The van der Waals surface area contributed by atoms with E-state index in [1.807, 2.05) is 0 Å². The Hall–Kier alpha value is -1.30. The number of nitrogens with one attached hydrogen (secondary N) is 1. The molecule has 1 fully saturated rings. The third-order valence-corrected chi connectivity index (χ3v) is 3.73. The molecule has 0 aliphatic carbocycles. The topological polar surface area (TPSA) is 15.3 Å². The van der Waals surface area contributed by atoms with Crippen molar-refractivity contribution in [3.8, 4) is 0 Å². The SMILES string of the molecule is CCCC1CN(c2cc(C(F)(F)F)ccc2F)CCCN1. The van der Waals surface area contributed by atoms with Crippen LogP contribution in [-0.4, -0.2) is 25.7 Å². The van der Waals surface area contributed by atoms with Gasteiger partial charge in [-0.1, -0.05) is 13.3 Å². The van der Waals surface area contributed by atoms with Crippen LogP contribution in [0.1, 0.15) is 31.7 Å². The van der Waals surface area contributed by atoms with Gasteiger partial charge < -0.3 is 10.2 Å². The van der Waals surface area contributed by atoms with Gasteiger partial charge in [-0.25, -0.2) is 4.39 Å². The van der Waals surface area contributed by atoms with Crippen LogP contribution in [0.25, 0.3) is 0 Å². The average Bonchev–Trinajstić information content (AvgIpc) is 2.64. The standard InChI is InChI=1S/C15H20F4N2/c1-2-4-12-10-21(8-3-7-20-12)14-9-11(15(17,18)19)5-6-13(14)16/h5-6,9,12,20H,2-4,7-8,10H2,1H3. The predicted octanol–water partition coefficient (Wildman–Crippen LogP) is 3.81. The molecule has 2 nitrogen and oxygen atoms in total.